The molecule has 0 radical (unpaired) electrons. The van der Waals surface area contributed by atoms with Gasteiger partial charge in [0.2, 0.25) is 5.91 Å². The Balaban J connectivity index is 1.45. The number of rotatable bonds is 5. The van der Waals surface area contributed by atoms with Crippen molar-refractivity contribution in [1.29, 1.82) is 0 Å². The summed E-state index contributed by atoms with van der Waals surface area (Å²) < 4.78 is 29.1. The highest BCUT2D eigenvalue weighted by Gasteiger charge is 2.41. The molecule has 2 heterocycles. The summed E-state index contributed by atoms with van der Waals surface area (Å²) in [4.78, 5) is 18.0. The minimum atomic E-state index is -3.85. The predicted octanol–water partition coefficient (Wildman–Crippen LogP) is 4.20. The highest BCUT2D eigenvalue weighted by Crippen LogP contribution is 2.41. The Morgan fingerprint density at radius 1 is 0.886 bits per heavy atom. The number of fused-ring (bicyclic) bond motifs is 1. The van der Waals surface area contributed by atoms with Crippen LogP contribution >= 0.6 is 0 Å². The van der Waals surface area contributed by atoms with Crippen LogP contribution in [0.1, 0.15) is 24.3 Å². The first-order chi connectivity index (χ1) is 16.9. The molecular weight excluding hydrogens is 458 g/mol. The van der Waals surface area contributed by atoms with E-state index in [1.54, 1.807) is 24.3 Å². The summed E-state index contributed by atoms with van der Waals surface area (Å²) in [7, 11) is 0.110. The van der Waals surface area contributed by atoms with Gasteiger partial charge in [-0.1, -0.05) is 60.7 Å². The van der Waals surface area contributed by atoms with Gasteiger partial charge >= 0.3 is 0 Å². The molecule has 35 heavy (non-hydrogen) atoms. The number of para-hydroxylation sites is 1. The van der Waals surface area contributed by atoms with Crippen LogP contribution in [0.3, 0.4) is 0 Å². The predicted molar refractivity (Wildman–Crippen MR) is 139 cm³/mol. The third-order valence-corrected chi connectivity index (χ3v) is 9.12. The van der Waals surface area contributed by atoms with E-state index < -0.39 is 15.9 Å². The maximum Gasteiger partial charge on any atom is 0.264 e. The molecule has 2 aliphatic heterocycles. The van der Waals surface area contributed by atoms with Gasteiger partial charge < -0.3 is 9.80 Å². The van der Waals surface area contributed by atoms with E-state index in [1.807, 2.05) is 66.5 Å². The lowest BCUT2D eigenvalue weighted by Gasteiger charge is -2.36. The van der Waals surface area contributed by atoms with Gasteiger partial charge in [0.15, 0.2) is 0 Å². The monoisotopic (exact) mass is 489 g/mol. The number of hydrogen-bond donors (Lipinski definition) is 0. The molecule has 0 spiro atoms. The largest absolute Gasteiger partial charge is 0.342 e. The van der Waals surface area contributed by atoms with E-state index in [4.69, 9.17) is 0 Å². The van der Waals surface area contributed by atoms with E-state index in [2.05, 4.69) is 11.9 Å². The first-order valence-corrected chi connectivity index (χ1v) is 13.5. The van der Waals surface area contributed by atoms with Crippen molar-refractivity contribution in [3.8, 4) is 11.1 Å². The van der Waals surface area contributed by atoms with E-state index in [0.717, 1.165) is 42.6 Å². The quantitative estimate of drug-likeness (QED) is 0.539. The Morgan fingerprint density at radius 3 is 2.29 bits per heavy atom. The molecule has 0 aliphatic carbocycles. The molecule has 1 unspecified atom stereocenters. The Morgan fingerprint density at radius 2 is 1.54 bits per heavy atom. The molecule has 0 bridgehead atoms. The molecule has 182 valence electrons. The lowest BCUT2D eigenvalue weighted by atomic mass is 9.97. The van der Waals surface area contributed by atoms with Crippen LogP contribution in [-0.2, 0) is 14.8 Å². The fourth-order valence-corrected chi connectivity index (χ4v) is 6.76. The zero-order chi connectivity index (χ0) is 24.6. The molecule has 0 N–H and O–H groups in total. The molecule has 5 rings (SSSR count). The molecule has 1 saturated heterocycles. The first kappa shape index (κ1) is 23.6. The van der Waals surface area contributed by atoms with E-state index in [-0.39, 0.29) is 23.4 Å². The average Bonchev–Trinajstić information content (AvgIpc) is 3.29. The van der Waals surface area contributed by atoms with E-state index in [9.17, 15) is 13.2 Å². The number of likely N-dealkylation sites (N-methyl/N-ethyl adjacent to an activating group) is 1. The minimum absolute atomic E-state index is 0.0114. The Hall–Kier alpha value is -3.16. The number of likely N-dealkylation sites (tertiary alicyclic amines) is 1. The van der Waals surface area contributed by atoms with Crippen molar-refractivity contribution in [1.82, 2.24) is 9.80 Å². The number of carbonyl (C=O) groups excluding carboxylic acids is 1. The van der Waals surface area contributed by atoms with Gasteiger partial charge in [-0.15, -0.1) is 0 Å². The Labute approximate surface area is 207 Å². The smallest absolute Gasteiger partial charge is 0.264 e. The summed E-state index contributed by atoms with van der Waals surface area (Å²) in [6, 6.07) is 24.3. The van der Waals surface area contributed by atoms with Crippen LogP contribution in [0.5, 0.6) is 0 Å². The molecule has 0 aromatic heterocycles. The molecular formula is C28H31N3O3S. The van der Waals surface area contributed by atoms with Crippen LogP contribution in [-0.4, -0.2) is 63.9 Å². The molecule has 3 aromatic rings. The SMILES string of the molecule is CN1CCC(N(C)C(=O)C2CN(S(=O)(=O)c3cccc(-c4ccccc4)c3)c3ccccc32)CC1. The standard InChI is InChI=1S/C28H31N3O3S/c1-29-17-15-23(16-18-29)30(2)28(32)26-20-31(27-14-7-6-13-25(26)27)35(33,34)24-12-8-11-22(19-24)21-9-4-3-5-10-21/h3-14,19,23,26H,15-18,20H2,1-2H3. The third kappa shape index (κ3) is 4.46. The molecule has 1 amide bonds. The summed E-state index contributed by atoms with van der Waals surface area (Å²) >= 11 is 0. The van der Waals surface area contributed by atoms with Crippen molar-refractivity contribution >= 4 is 21.6 Å². The number of benzene rings is 3. The summed E-state index contributed by atoms with van der Waals surface area (Å²) in [6.45, 7) is 2.04. The van der Waals surface area contributed by atoms with Crippen LogP contribution in [0, 0.1) is 0 Å². The number of anilines is 1. The summed E-state index contributed by atoms with van der Waals surface area (Å²) in [5.41, 5.74) is 3.17. The fraction of sp³-hybridized carbons (Fsp3) is 0.321. The fourth-order valence-electron chi connectivity index (χ4n) is 5.21. The normalized spacial score (nSPS) is 18.9. The van der Waals surface area contributed by atoms with Crippen LogP contribution in [0.4, 0.5) is 5.69 Å². The molecule has 1 fully saturated rings. The number of sulfonamides is 1. The highest BCUT2D eigenvalue weighted by atomic mass is 32.2. The van der Waals surface area contributed by atoms with Crippen molar-refractivity contribution in [3.63, 3.8) is 0 Å². The maximum absolute atomic E-state index is 13.9. The van der Waals surface area contributed by atoms with Gasteiger partial charge in [-0.3, -0.25) is 9.10 Å². The van der Waals surface area contributed by atoms with Crippen molar-refractivity contribution in [2.75, 3.05) is 38.0 Å². The van der Waals surface area contributed by atoms with Crippen molar-refractivity contribution < 1.29 is 13.2 Å². The lowest BCUT2D eigenvalue weighted by molar-refractivity contribution is -0.134. The van der Waals surface area contributed by atoms with E-state index >= 15 is 0 Å². The van der Waals surface area contributed by atoms with Gasteiger partial charge in [0.25, 0.3) is 10.0 Å². The van der Waals surface area contributed by atoms with E-state index in [0.29, 0.717) is 5.69 Å². The van der Waals surface area contributed by atoms with Crippen LogP contribution < -0.4 is 4.31 Å². The summed E-state index contributed by atoms with van der Waals surface area (Å²) in [5.74, 6) is -0.523. The number of hydrogen-bond acceptors (Lipinski definition) is 4. The van der Waals surface area contributed by atoms with Gasteiger partial charge in [-0.05, 0) is 67.9 Å². The van der Waals surface area contributed by atoms with Gasteiger partial charge in [-0.2, -0.15) is 0 Å². The zero-order valence-electron chi connectivity index (χ0n) is 20.2. The Kier molecular flexibility index (Phi) is 6.38. The van der Waals surface area contributed by atoms with Crippen LogP contribution in [0.2, 0.25) is 0 Å². The van der Waals surface area contributed by atoms with Crippen LogP contribution in [0.15, 0.2) is 83.8 Å². The second-order valence-electron chi connectivity index (χ2n) is 9.52. The average molecular weight is 490 g/mol. The second kappa shape index (κ2) is 9.47. The summed E-state index contributed by atoms with van der Waals surface area (Å²) in [6.07, 6.45) is 1.86. The molecule has 1 atom stereocenters. The van der Waals surface area contributed by atoms with E-state index in [1.165, 1.54) is 4.31 Å². The third-order valence-electron chi connectivity index (χ3n) is 7.34. The summed E-state index contributed by atoms with van der Waals surface area (Å²) in [5, 5.41) is 0. The Bertz CT molecular complexity index is 1320. The first-order valence-electron chi connectivity index (χ1n) is 12.1. The number of nitrogens with zero attached hydrogens (tertiary/aromatic N) is 3. The van der Waals surface area contributed by atoms with Crippen molar-refractivity contribution in [2.24, 2.45) is 0 Å². The number of carbonyl (C=O) groups is 1. The minimum Gasteiger partial charge on any atom is -0.342 e. The van der Waals surface area contributed by atoms with Crippen molar-refractivity contribution in [2.45, 2.75) is 29.7 Å². The molecule has 2 aliphatic rings. The highest BCUT2D eigenvalue weighted by molar-refractivity contribution is 7.92. The second-order valence-corrected chi connectivity index (χ2v) is 11.4. The molecule has 6 nitrogen and oxygen atoms in total. The van der Waals surface area contributed by atoms with Gasteiger partial charge in [0.05, 0.1) is 23.0 Å². The zero-order valence-corrected chi connectivity index (χ0v) is 21.0. The topological polar surface area (TPSA) is 60.9 Å². The van der Waals surface area contributed by atoms with Gasteiger partial charge in [0.1, 0.15) is 0 Å². The van der Waals surface area contributed by atoms with Crippen molar-refractivity contribution in [3.05, 3.63) is 84.4 Å². The maximum atomic E-state index is 13.9. The lowest BCUT2D eigenvalue weighted by Crippen LogP contribution is -2.46. The molecule has 7 heteroatoms. The number of amides is 1. The number of piperidine rings is 1. The molecule has 0 saturated carbocycles. The molecule has 3 aromatic carbocycles. The van der Waals surface area contributed by atoms with Crippen LogP contribution in [0.25, 0.3) is 11.1 Å². The van der Waals surface area contributed by atoms with Gasteiger partial charge in [0, 0.05) is 13.1 Å². The van der Waals surface area contributed by atoms with Gasteiger partial charge in [-0.25, -0.2) is 8.42 Å².